The quantitative estimate of drug-likeness (QED) is 0.852. The summed E-state index contributed by atoms with van der Waals surface area (Å²) in [6.45, 7) is 3.78. The maximum absolute atomic E-state index is 12.2. The standard InChI is InChI=1S/C12H15NO2S/c1-8-5-4-6-11-10(8)7-12(9(2)13-3)16(11,14)15/h4-7,9,13H,1-3H3. The van der Waals surface area contributed by atoms with E-state index in [2.05, 4.69) is 5.32 Å². The van der Waals surface area contributed by atoms with Crippen LogP contribution < -0.4 is 5.32 Å². The molecule has 1 aliphatic heterocycles. The van der Waals surface area contributed by atoms with Crippen molar-refractivity contribution in [2.24, 2.45) is 0 Å². The lowest BCUT2D eigenvalue weighted by Gasteiger charge is -2.11. The first-order valence-electron chi connectivity index (χ1n) is 5.22. The topological polar surface area (TPSA) is 46.2 Å². The van der Waals surface area contributed by atoms with Gasteiger partial charge in [0.25, 0.3) is 0 Å². The zero-order valence-electron chi connectivity index (χ0n) is 9.61. The molecular formula is C12H15NO2S. The molecule has 2 rings (SSSR count). The van der Waals surface area contributed by atoms with Gasteiger partial charge in [0.2, 0.25) is 9.84 Å². The van der Waals surface area contributed by atoms with E-state index in [1.807, 2.05) is 19.9 Å². The van der Waals surface area contributed by atoms with Gasteiger partial charge in [-0.1, -0.05) is 12.1 Å². The van der Waals surface area contributed by atoms with E-state index < -0.39 is 9.84 Å². The number of hydrogen-bond donors (Lipinski definition) is 1. The second kappa shape index (κ2) is 3.71. The van der Waals surface area contributed by atoms with Gasteiger partial charge >= 0.3 is 0 Å². The molecule has 1 N–H and O–H groups in total. The summed E-state index contributed by atoms with van der Waals surface area (Å²) in [6, 6.07) is 5.23. The highest BCUT2D eigenvalue weighted by Gasteiger charge is 2.32. The van der Waals surface area contributed by atoms with Crippen LogP contribution in [0.15, 0.2) is 28.0 Å². The van der Waals surface area contributed by atoms with Crippen molar-refractivity contribution in [3.63, 3.8) is 0 Å². The molecule has 86 valence electrons. The van der Waals surface area contributed by atoms with Gasteiger partial charge in [-0.05, 0) is 44.2 Å². The summed E-state index contributed by atoms with van der Waals surface area (Å²) in [5, 5.41) is 2.97. The summed E-state index contributed by atoms with van der Waals surface area (Å²) in [5.74, 6) is 0. The minimum absolute atomic E-state index is 0.156. The summed E-state index contributed by atoms with van der Waals surface area (Å²) < 4.78 is 24.5. The van der Waals surface area contributed by atoms with Gasteiger partial charge in [-0.2, -0.15) is 0 Å². The Kier molecular flexibility index (Phi) is 2.64. The number of likely N-dealkylation sites (N-methyl/N-ethyl adjacent to an activating group) is 1. The third-order valence-electron chi connectivity index (χ3n) is 3.03. The molecule has 3 nitrogen and oxygen atoms in total. The first kappa shape index (κ1) is 11.4. The predicted octanol–water partition coefficient (Wildman–Crippen LogP) is 1.73. The summed E-state index contributed by atoms with van der Waals surface area (Å²) in [4.78, 5) is 0.893. The van der Waals surface area contributed by atoms with Gasteiger partial charge in [0.05, 0.1) is 9.80 Å². The van der Waals surface area contributed by atoms with Crippen molar-refractivity contribution >= 4 is 15.9 Å². The van der Waals surface area contributed by atoms with Crippen LogP contribution in [0.5, 0.6) is 0 Å². The Hall–Kier alpha value is -1.13. The number of benzene rings is 1. The Morgan fingerprint density at radius 1 is 1.31 bits per heavy atom. The molecule has 0 amide bonds. The van der Waals surface area contributed by atoms with Gasteiger partial charge < -0.3 is 5.32 Å². The van der Waals surface area contributed by atoms with Gasteiger partial charge in [0, 0.05) is 6.04 Å². The van der Waals surface area contributed by atoms with Gasteiger partial charge in [-0.15, -0.1) is 0 Å². The molecule has 1 aromatic carbocycles. The van der Waals surface area contributed by atoms with Gasteiger partial charge in [-0.3, -0.25) is 0 Å². The molecular weight excluding hydrogens is 222 g/mol. The molecule has 0 bridgehead atoms. The Labute approximate surface area is 96.1 Å². The van der Waals surface area contributed by atoms with E-state index in [0.717, 1.165) is 11.1 Å². The van der Waals surface area contributed by atoms with Crippen LogP contribution in [0.3, 0.4) is 0 Å². The van der Waals surface area contributed by atoms with Crippen LogP contribution >= 0.6 is 0 Å². The highest BCUT2D eigenvalue weighted by Crippen LogP contribution is 2.35. The summed E-state index contributed by atoms with van der Waals surface area (Å²) in [5.41, 5.74) is 1.83. The highest BCUT2D eigenvalue weighted by atomic mass is 32.2. The normalized spacial score (nSPS) is 19.1. The zero-order valence-corrected chi connectivity index (χ0v) is 10.4. The molecule has 0 saturated heterocycles. The second-order valence-electron chi connectivity index (χ2n) is 4.05. The molecule has 1 atom stereocenters. The minimum atomic E-state index is -3.28. The maximum atomic E-state index is 12.2. The molecule has 0 aliphatic carbocycles. The largest absolute Gasteiger partial charge is 0.313 e. The molecule has 1 unspecified atom stereocenters. The average molecular weight is 237 g/mol. The Balaban J connectivity index is 2.66. The maximum Gasteiger partial charge on any atom is 0.204 e. The van der Waals surface area contributed by atoms with E-state index in [1.165, 1.54) is 0 Å². The molecule has 0 radical (unpaired) electrons. The molecule has 0 fully saturated rings. The number of hydrogen-bond acceptors (Lipinski definition) is 3. The van der Waals surface area contributed by atoms with E-state index in [9.17, 15) is 8.42 Å². The molecule has 1 heterocycles. The molecule has 0 saturated carbocycles. The van der Waals surface area contributed by atoms with Crippen molar-refractivity contribution in [1.82, 2.24) is 5.32 Å². The molecule has 0 aromatic heterocycles. The lowest BCUT2D eigenvalue weighted by atomic mass is 10.1. The van der Waals surface area contributed by atoms with Crippen LogP contribution in [0.25, 0.3) is 6.08 Å². The number of nitrogens with one attached hydrogen (secondary N) is 1. The minimum Gasteiger partial charge on any atom is -0.313 e. The zero-order chi connectivity index (χ0) is 11.9. The average Bonchev–Trinajstić information content (AvgIpc) is 2.52. The summed E-state index contributed by atoms with van der Waals surface area (Å²) >= 11 is 0. The van der Waals surface area contributed by atoms with Crippen LogP contribution in [0.1, 0.15) is 18.1 Å². The molecule has 1 aliphatic rings. The fourth-order valence-corrected chi connectivity index (χ4v) is 3.80. The molecule has 16 heavy (non-hydrogen) atoms. The van der Waals surface area contributed by atoms with Crippen molar-refractivity contribution in [2.45, 2.75) is 24.8 Å². The van der Waals surface area contributed by atoms with Crippen LogP contribution in [0.4, 0.5) is 0 Å². The molecule has 0 spiro atoms. The Morgan fingerprint density at radius 2 is 2.00 bits per heavy atom. The predicted molar refractivity (Wildman–Crippen MR) is 64.9 cm³/mol. The number of fused-ring (bicyclic) bond motifs is 1. The summed E-state index contributed by atoms with van der Waals surface area (Å²) in [7, 11) is -1.52. The highest BCUT2D eigenvalue weighted by molar-refractivity contribution is 7.96. The van der Waals surface area contributed by atoms with Crippen LogP contribution in [-0.4, -0.2) is 21.5 Å². The summed E-state index contributed by atoms with van der Waals surface area (Å²) in [6.07, 6.45) is 1.78. The lowest BCUT2D eigenvalue weighted by Crippen LogP contribution is -2.26. The fraction of sp³-hybridized carbons (Fsp3) is 0.333. The monoisotopic (exact) mass is 237 g/mol. The third kappa shape index (κ3) is 1.49. The van der Waals surface area contributed by atoms with Crippen molar-refractivity contribution in [3.8, 4) is 0 Å². The smallest absolute Gasteiger partial charge is 0.204 e. The van der Waals surface area contributed by atoms with Gasteiger partial charge in [-0.25, -0.2) is 8.42 Å². The SMILES string of the molecule is CNC(C)C1=Cc2c(C)cccc2S1(=O)=O. The van der Waals surface area contributed by atoms with E-state index in [4.69, 9.17) is 0 Å². The van der Waals surface area contributed by atoms with E-state index in [0.29, 0.717) is 9.80 Å². The number of sulfone groups is 1. The third-order valence-corrected chi connectivity index (χ3v) is 5.06. The first-order chi connectivity index (χ1) is 7.48. The molecule has 4 heteroatoms. The van der Waals surface area contributed by atoms with Crippen molar-refractivity contribution < 1.29 is 8.42 Å². The first-order valence-corrected chi connectivity index (χ1v) is 6.70. The Bertz CT molecular complexity index is 558. The van der Waals surface area contributed by atoms with Crippen molar-refractivity contribution in [1.29, 1.82) is 0 Å². The Morgan fingerprint density at radius 3 is 2.56 bits per heavy atom. The van der Waals surface area contributed by atoms with Crippen LogP contribution in [-0.2, 0) is 9.84 Å². The van der Waals surface area contributed by atoms with E-state index in [-0.39, 0.29) is 6.04 Å². The van der Waals surface area contributed by atoms with Gasteiger partial charge in [0.1, 0.15) is 0 Å². The van der Waals surface area contributed by atoms with Crippen molar-refractivity contribution in [2.75, 3.05) is 7.05 Å². The fourth-order valence-electron chi connectivity index (χ4n) is 1.92. The van der Waals surface area contributed by atoms with Crippen LogP contribution in [0, 0.1) is 6.92 Å². The number of aryl methyl sites for hydroxylation is 1. The van der Waals surface area contributed by atoms with Gasteiger partial charge in [0.15, 0.2) is 0 Å². The number of rotatable bonds is 2. The van der Waals surface area contributed by atoms with Crippen molar-refractivity contribution in [3.05, 3.63) is 34.2 Å². The van der Waals surface area contributed by atoms with Crippen LogP contribution in [0.2, 0.25) is 0 Å². The molecule has 1 aromatic rings. The lowest BCUT2D eigenvalue weighted by molar-refractivity contribution is 0.595. The second-order valence-corrected chi connectivity index (χ2v) is 5.97. The van der Waals surface area contributed by atoms with E-state index >= 15 is 0 Å². The van der Waals surface area contributed by atoms with E-state index in [1.54, 1.807) is 25.3 Å².